The van der Waals surface area contributed by atoms with E-state index in [2.05, 4.69) is 10.3 Å². The molecule has 0 saturated carbocycles. The summed E-state index contributed by atoms with van der Waals surface area (Å²) >= 11 is 5.68. The number of hydrogen-bond donors (Lipinski definition) is 1. The van der Waals surface area contributed by atoms with Gasteiger partial charge >= 0.3 is 0 Å². The van der Waals surface area contributed by atoms with Crippen molar-refractivity contribution in [2.75, 3.05) is 6.61 Å². The lowest BCUT2D eigenvalue weighted by Crippen LogP contribution is -1.95. The van der Waals surface area contributed by atoms with Crippen molar-refractivity contribution in [3.05, 3.63) is 40.9 Å². The Labute approximate surface area is 103 Å². The summed E-state index contributed by atoms with van der Waals surface area (Å²) < 4.78 is 14.5. The summed E-state index contributed by atoms with van der Waals surface area (Å²) in [5.41, 5.74) is 1.43. The zero-order valence-electron chi connectivity index (χ0n) is 8.98. The van der Waals surface area contributed by atoms with E-state index in [-0.39, 0.29) is 11.6 Å². The third-order valence-corrected chi connectivity index (χ3v) is 2.59. The van der Waals surface area contributed by atoms with Gasteiger partial charge in [-0.1, -0.05) is 16.8 Å². The van der Waals surface area contributed by atoms with E-state index in [1.54, 1.807) is 12.3 Å². The van der Waals surface area contributed by atoms with Gasteiger partial charge in [0.1, 0.15) is 5.82 Å². The van der Waals surface area contributed by atoms with Gasteiger partial charge in [-0.2, -0.15) is 0 Å². The minimum absolute atomic E-state index is 0.0508. The maximum absolute atomic E-state index is 13.0. The molecule has 0 amide bonds. The quantitative estimate of drug-likeness (QED) is 0.909. The van der Waals surface area contributed by atoms with Crippen LogP contribution in [0, 0.1) is 5.82 Å². The average Bonchev–Trinajstić information content (AvgIpc) is 2.79. The summed E-state index contributed by atoms with van der Waals surface area (Å²) in [6, 6.07) is 4.35. The highest BCUT2D eigenvalue weighted by molar-refractivity contribution is 6.30. The predicted octanol–water partition coefficient (Wildman–Crippen LogP) is 1.98. The van der Waals surface area contributed by atoms with E-state index in [1.165, 1.54) is 16.8 Å². The second-order valence-corrected chi connectivity index (χ2v) is 3.99. The zero-order chi connectivity index (χ0) is 12.3. The van der Waals surface area contributed by atoms with Crippen molar-refractivity contribution < 1.29 is 9.50 Å². The molecule has 1 heterocycles. The molecule has 0 spiro atoms. The molecular weight excluding hydrogens is 245 g/mol. The van der Waals surface area contributed by atoms with E-state index in [9.17, 15) is 4.39 Å². The van der Waals surface area contributed by atoms with Crippen molar-refractivity contribution >= 4 is 11.6 Å². The molecule has 0 aliphatic rings. The molecule has 0 bridgehead atoms. The molecular formula is C11H11ClFN3O. The van der Waals surface area contributed by atoms with Crippen LogP contribution in [0.3, 0.4) is 0 Å². The van der Waals surface area contributed by atoms with Crippen LogP contribution < -0.4 is 0 Å². The second kappa shape index (κ2) is 5.25. The summed E-state index contributed by atoms with van der Waals surface area (Å²) in [6.07, 6.45) is 3.04. The number of aliphatic hydroxyl groups is 1. The normalized spacial score (nSPS) is 10.8. The lowest BCUT2D eigenvalue weighted by molar-refractivity contribution is 0.288. The zero-order valence-corrected chi connectivity index (χ0v) is 9.73. The van der Waals surface area contributed by atoms with Gasteiger partial charge in [-0.25, -0.2) is 9.07 Å². The van der Waals surface area contributed by atoms with Crippen LogP contribution in [0.1, 0.15) is 12.1 Å². The monoisotopic (exact) mass is 255 g/mol. The molecule has 0 unspecified atom stereocenters. The lowest BCUT2D eigenvalue weighted by Gasteiger charge is -2.00. The molecule has 6 heteroatoms. The van der Waals surface area contributed by atoms with E-state index in [0.717, 1.165) is 5.69 Å². The number of nitrogens with zero attached hydrogens (tertiary/aromatic N) is 3. The van der Waals surface area contributed by atoms with Gasteiger partial charge in [-0.3, -0.25) is 0 Å². The molecule has 17 heavy (non-hydrogen) atoms. The molecule has 0 fully saturated rings. The number of aromatic nitrogens is 3. The standard InChI is InChI=1S/C11H11ClFN3O/c12-10-6-9(3-4-11(10)13)16-7-8(14-15-16)2-1-5-17/h3-4,6-7,17H,1-2,5H2. The fourth-order valence-electron chi connectivity index (χ4n) is 1.43. The second-order valence-electron chi connectivity index (χ2n) is 3.58. The van der Waals surface area contributed by atoms with Gasteiger partial charge < -0.3 is 5.11 Å². The summed E-state index contributed by atoms with van der Waals surface area (Å²) in [7, 11) is 0. The van der Waals surface area contributed by atoms with E-state index in [4.69, 9.17) is 16.7 Å². The fraction of sp³-hybridized carbons (Fsp3) is 0.273. The molecule has 4 nitrogen and oxygen atoms in total. The van der Waals surface area contributed by atoms with Gasteiger partial charge in [0.25, 0.3) is 0 Å². The number of aryl methyl sites for hydroxylation is 1. The Kier molecular flexibility index (Phi) is 3.71. The van der Waals surface area contributed by atoms with Gasteiger partial charge in [0.05, 0.1) is 22.6 Å². The topological polar surface area (TPSA) is 50.9 Å². The van der Waals surface area contributed by atoms with Crippen LogP contribution in [0.5, 0.6) is 0 Å². The van der Waals surface area contributed by atoms with Gasteiger partial charge in [0.2, 0.25) is 0 Å². The third-order valence-electron chi connectivity index (χ3n) is 2.30. The van der Waals surface area contributed by atoms with Gasteiger partial charge in [-0.15, -0.1) is 5.10 Å². The first-order chi connectivity index (χ1) is 8.20. The Balaban J connectivity index is 2.21. The summed E-state index contributed by atoms with van der Waals surface area (Å²) in [5, 5.41) is 16.6. The molecule has 0 aliphatic carbocycles. The van der Waals surface area contributed by atoms with Gasteiger partial charge in [0, 0.05) is 6.61 Å². The van der Waals surface area contributed by atoms with Crippen LogP contribution in [0.15, 0.2) is 24.4 Å². The maximum Gasteiger partial charge on any atom is 0.141 e. The van der Waals surface area contributed by atoms with Crippen molar-refractivity contribution in [3.63, 3.8) is 0 Å². The number of rotatable bonds is 4. The van der Waals surface area contributed by atoms with Crippen molar-refractivity contribution in [1.29, 1.82) is 0 Å². The maximum atomic E-state index is 13.0. The largest absolute Gasteiger partial charge is 0.396 e. The highest BCUT2D eigenvalue weighted by Crippen LogP contribution is 2.18. The highest BCUT2D eigenvalue weighted by Gasteiger charge is 2.05. The van der Waals surface area contributed by atoms with Crippen LogP contribution in [0.2, 0.25) is 5.02 Å². The number of aliphatic hydroxyl groups excluding tert-OH is 1. The molecule has 90 valence electrons. The molecule has 0 aliphatic heterocycles. The van der Waals surface area contributed by atoms with Gasteiger partial charge in [-0.05, 0) is 31.0 Å². The van der Waals surface area contributed by atoms with Crippen molar-refractivity contribution in [2.24, 2.45) is 0 Å². The Hall–Kier alpha value is -1.46. The Morgan fingerprint density at radius 1 is 1.41 bits per heavy atom. The first kappa shape index (κ1) is 12.0. The number of halogens is 2. The summed E-state index contributed by atoms with van der Waals surface area (Å²) in [4.78, 5) is 0. The average molecular weight is 256 g/mol. The molecule has 1 aromatic carbocycles. The molecule has 2 rings (SSSR count). The van der Waals surface area contributed by atoms with E-state index < -0.39 is 5.82 Å². The molecule has 0 atom stereocenters. The van der Waals surface area contributed by atoms with E-state index in [0.29, 0.717) is 18.5 Å². The summed E-state index contributed by atoms with van der Waals surface area (Å²) in [5.74, 6) is -0.462. The Bertz CT molecular complexity index is 515. The number of benzene rings is 1. The molecule has 0 saturated heterocycles. The van der Waals surface area contributed by atoms with E-state index in [1.807, 2.05) is 0 Å². The van der Waals surface area contributed by atoms with Crippen LogP contribution in [0.25, 0.3) is 5.69 Å². The van der Waals surface area contributed by atoms with Crippen LogP contribution in [-0.4, -0.2) is 26.7 Å². The van der Waals surface area contributed by atoms with Crippen molar-refractivity contribution in [1.82, 2.24) is 15.0 Å². The SMILES string of the molecule is OCCCc1cn(-c2ccc(F)c(Cl)c2)nn1. The smallest absolute Gasteiger partial charge is 0.141 e. The molecule has 0 radical (unpaired) electrons. The molecule has 2 aromatic rings. The Morgan fingerprint density at radius 2 is 2.24 bits per heavy atom. The highest BCUT2D eigenvalue weighted by atomic mass is 35.5. The minimum Gasteiger partial charge on any atom is -0.396 e. The lowest BCUT2D eigenvalue weighted by atomic mass is 10.2. The van der Waals surface area contributed by atoms with Crippen molar-refractivity contribution in [3.8, 4) is 5.69 Å². The summed E-state index contributed by atoms with van der Waals surface area (Å²) in [6.45, 7) is 0.120. The Morgan fingerprint density at radius 3 is 2.94 bits per heavy atom. The minimum atomic E-state index is -0.462. The predicted molar refractivity (Wildman–Crippen MR) is 61.7 cm³/mol. The molecule has 1 aromatic heterocycles. The molecule has 1 N–H and O–H groups in total. The van der Waals surface area contributed by atoms with Crippen LogP contribution >= 0.6 is 11.6 Å². The fourth-order valence-corrected chi connectivity index (χ4v) is 1.60. The van der Waals surface area contributed by atoms with Crippen LogP contribution in [0.4, 0.5) is 4.39 Å². The van der Waals surface area contributed by atoms with E-state index >= 15 is 0 Å². The first-order valence-electron chi connectivity index (χ1n) is 5.18. The van der Waals surface area contributed by atoms with Crippen molar-refractivity contribution in [2.45, 2.75) is 12.8 Å². The first-order valence-corrected chi connectivity index (χ1v) is 5.56. The van der Waals surface area contributed by atoms with Crippen LogP contribution in [-0.2, 0) is 6.42 Å². The number of hydrogen-bond acceptors (Lipinski definition) is 3. The van der Waals surface area contributed by atoms with Gasteiger partial charge in [0.15, 0.2) is 0 Å². The third kappa shape index (κ3) is 2.81.